The summed E-state index contributed by atoms with van der Waals surface area (Å²) in [5.41, 5.74) is 0. The van der Waals surface area contributed by atoms with Crippen molar-refractivity contribution in [2.24, 2.45) is 0 Å². The molecule has 0 aromatic carbocycles. The zero-order chi connectivity index (χ0) is 48.7. The molecule has 0 aliphatic carbocycles. The molecule has 67 heavy (non-hydrogen) atoms. The van der Waals surface area contributed by atoms with Crippen LogP contribution in [0.25, 0.3) is 0 Å². The highest BCUT2D eigenvalue weighted by atomic mass is 16.7. The van der Waals surface area contributed by atoms with E-state index >= 15 is 0 Å². The molecule has 0 saturated carbocycles. The fourth-order valence-corrected chi connectivity index (χ4v) is 8.55. The minimum atomic E-state index is -1.71. The Balaban J connectivity index is 1.75. The maximum absolute atomic E-state index is 13.0. The Labute approximate surface area is 405 Å². The first-order valence-electron chi connectivity index (χ1n) is 26.9. The number of carbonyl (C=O) groups is 1. The van der Waals surface area contributed by atoms with E-state index in [1.807, 2.05) is 0 Å². The van der Waals surface area contributed by atoms with Gasteiger partial charge in [0.05, 0.1) is 26.4 Å². The normalized spacial score (nSPS) is 26.2. The zero-order valence-corrected chi connectivity index (χ0v) is 41.9. The molecule has 0 aromatic heterocycles. The number of allylic oxidation sites excluding steroid dienone is 4. The topological polar surface area (TPSA) is 214 Å². The van der Waals surface area contributed by atoms with E-state index in [0.717, 1.165) is 57.8 Å². The summed E-state index contributed by atoms with van der Waals surface area (Å²) in [6.45, 7) is 3.67. The minimum absolute atomic E-state index is 0.0582. The van der Waals surface area contributed by atoms with Gasteiger partial charge in [0, 0.05) is 13.0 Å². The van der Waals surface area contributed by atoms with Gasteiger partial charge in [-0.25, -0.2) is 0 Å². The van der Waals surface area contributed by atoms with Crippen LogP contribution in [0.5, 0.6) is 0 Å². The third-order valence-corrected chi connectivity index (χ3v) is 13.0. The summed E-state index contributed by atoms with van der Waals surface area (Å²) in [5, 5.41) is 72.2. The molecular formula is C53H98O14. The molecule has 11 atom stereocenters. The number of ether oxygens (including phenoxy) is 6. The van der Waals surface area contributed by atoms with Gasteiger partial charge in [-0.1, -0.05) is 179 Å². The van der Waals surface area contributed by atoms with Crippen LogP contribution in [0.15, 0.2) is 24.3 Å². The van der Waals surface area contributed by atoms with Crippen molar-refractivity contribution in [1.29, 1.82) is 0 Å². The number of carbonyl (C=O) groups excluding carboxylic acids is 1. The molecule has 7 N–H and O–H groups in total. The number of aliphatic hydroxyl groups is 7. The Kier molecular flexibility index (Phi) is 37.8. The van der Waals surface area contributed by atoms with Crippen LogP contribution in [0.4, 0.5) is 0 Å². The highest BCUT2D eigenvalue weighted by Crippen LogP contribution is 2.26. The van der Waals surface area contributed by atoms with Gasteiger partial charge in [0.2, 0.25) is 0 Å². The SMILES string of the molecule is CCCCC/C=C\C/C=C\CCCCCCCCOCC(COC1OC(COC2OC(CO)C(O)C(O)C2O)C(O)C(O)C1O)OC(=O)CCCCCCCCCCCCCCCCCCC. The fraction of sp³-hybridized carbons (Fsp3) is 0.906. The molecule has 11 unspecified atom stereocenters. The van der Waals surface area contributed by atoms with Crippen LogP contribution in [0.3, 0.4) is 0 Å². The van der Waals surface area contributed by atoms with Crippen molar-refractivity contribution in [1.82, 2.24) is 0 Å². The standard InChI is InChI=1S/C53H98O14/c1-3-5-7-9-11-13-15-17-19-21-22-24-26-28-30-32-34-36-45(55)65-42(39-62-37-35-33-31-29-27-25-23-20-18-16-14-12-10-8-6-4-2)40-63-52-51(61)49(59)47(57)44(67-52)41-64-53-50(60)48(58)46(56)43(38-54)66-53/h12,14,18,20,42-44,46-54,56-61H,3-11,13,15-17,19,21-41H2,1-2H3/b14-12-,20-18-. The van der Waals surface area contributed by atoms with Crippen LogP contribution in [0.1, 0.15) is 206 Å². The van der Waals surface area contributed by atoms with E-state index in [2.05, 4.69) is 38.2 Å². The third-order valence-electron chi connectivity index (χ3n) is 13.0. The smallest absolute Gasteiger partial charge is 0.306 e. The molecular weight excluding hydrogens is 861 g/mol. The quantitative estimate of drug-likeness (QED) is 0.0174. The van der Waals surface area contributed by atoms with Crippen molar-refractivity contribution < 1.29 is 69.0 Å². The predicted molar refractivity (Wildman–Crippen MR) is 261 cm³/mol. The van der Waals surface area contributed by atoms with Gasteiger partial charge in [-0.3, -0.25) is 4.79 Å². The highest BCUT2D eigenvalue weighted by molar-refractivity contribution is 5.69. The van der Waals surface area contributed by atoms with Crippen LogP contribution in [-0.4, -0.2) is 142 Å². The van der Waals surface area contributed by atoms with Crippen LogP contribution in [0.2, 0.25) is 0 Å². The lowest BCUT2D eigenvalue weighted by Crippen LogP contribution is -2.61. The summed E-state index contributed by atoms with van der Waals surface area (Å²) in [7, 11) is 0. The van der Waals surface area contributed by atoms with Crippen molar-refractivity contribution >= 4 is 5.97 Å². The molecule has 14 heteroatoms. The van der Waals surface area contributed by atoms with Gasteiger partial charge in [0.1, 0.15) is 54.9 Å². The lowest BCUT2D eigenvalue weighted by molar-refractivity contribution is -0.332. The van der Waals surface area contributed by atoms with E-state index in [-0.39, 0.29) is 25.6 Å². The highest BCUT2D eigenvalue weighted by Gasteiger charge is 2.47. The van der Waals surface area contributed by atoms with Gasteiger partial charge < -0.3 is 64.2 Å². The van der Waals surface area contributed by atoms with Crippen molar-refractivity contribution in [2.45, 2.75) is 274 Å². The lowest BCUT2D eigenvalue weighted by Gasteiger charge is -2.42. The molecule has 2 aliphatic rings. The maximum Gasteiger partial charge on any atom is 0.306 e. The average Bonchev–Trinajstić information content (AvgIpc) is 3.32. The molecule has 14 nitrogen and oxygen atoms in total. The molecule has 2 heterocycles. The van der Waals surface area contributed by atoms with Crippen LogP contribution < -0.4 is 0 Å². The molecule has 0 aromatic rings. The molecule has 394 valence electrons. The minimum Gasteiger partial charge on any atom is -0.457 e. The van der Waals surface area contributed by atoms with Crippen molar-refractivity contribution in [3.63, 3.8) is 0 Å². The Morgan fingerprint density at radius 2 is 0.925 bits per heavy atom. The first kappa shape index (κ1) is 61.6. The fourth-order valence-electron chi connectivity index (χ4n) is 8.55. The van der Waals surface area contributed by atoms with E-state index in [1.165, 1.54) is 122 Å². The van der Waals surface area contributed by atoms with E-state index in [1.54, 1.807) is 0 Å². The summed E-state index contributed by atoms with van der Waals surface area (Å²) in [6, 6.07) is 0. The van der Waals surface area contributed by atoms with Gasteiger partial charge in [0.15, 0.2) is 12.6 Å². The number of aliphatic hydroxyl groups excluding tert-OH is 7. The average molecular weight is 959 g/mol. The Hall–Kier alpha value is -1.53. The van der Waals surface area contributed by atoms with Gasteiger partial charge in [-0.2, -0.15) is 0 Å². The lowest BCUT2D eigenvalue weighted by atomic mass is 9.98. The first-order chi connectivity index (χ1) is 32.6. The summed E-state index contributed by atoms with van der Waals surface area (Å²) < 4.78 is 34.3. The second-order valence-corrected chi connectivity index (χ2v) is 19.1. The zero-order valence-electron chi connectivity index (χ0n) is 41.9. The molecule has 2 aliphatic heterocycles. The summed E-state index contributed by atoms with van der Waals surface area (Å²) in [4.78, 5) is 13.0. The van der Waals surface area contributed by atoms with Crippen LogP contribution in [-0.2, 0) is 33.2 Å². The monoisotopic (exact) mass is 959 g/mol. The summed E-state index contributed by atoms with van der Waals surface area (Å²) >= 11 is 0. The predicted octanol–water partition coefficient (Wildman–Crippen LogP) is 8.41. The van der Waals surface area contributed by atoms with Gasteiger partial charge >= 0.3 is 5.97 Å². The van der Waals surface area contributed by atoms with Crippen molar-refractivity contribution in [3.8, 4) is 0 Å². The summed E-state index contributed by atoms with van der Waals surface area (Å²) in [5.74, 6) is -0.377. The Morgan fingerprint density at radius 1 is 0.493 bits per heavy atom. The second-order valence-electron chi connectivity index (χ2n) is 19.1. The third kappa shape index (κ3) is 28.8. The number of rotatable bonds is 43. The number of esters is 1. The Bertz CT molecular complexity index is 1200. The molecule has 2 fully saturated rings. The van der Waals surface area contributed by atoms with Crippen molar-refractivity contribution in [2.75, 3.05) is 33.0 Å². The molecule has 0 amide bonds. The van der Waals surface area contributed by atoms with Crippen LogP contribution in [0, 0.1) is 0 Å². The first-order valence-corrected chi connectivity index (χ1v) is 26.9. The van der Waals surface area contributed by atoms with E-state index < -0.39 is 80.7 Å². The summed E-state index contributed by atoms with van der Waals surface area (Å²) in [6.07, 6.45) is 28.0. The molecule has 0 radical (unpaired) electrons. The Morgan fingerprint density at radius 3 is 1.46 bits per heavy atom. The molecule has 2 saturated heterocycles. The van der Waals surface area contributed by atoms with E-state index in [4.69, 9.17) is 28.4 Å². The van der Waals surface area contributed by atoms with Gasteiger partial charge in [-0.15, -0.1) is 0 Å². The molecule has 0 bridgehead atoms. The van der Waals surface area contributed by atoms with Crippen molar-refractivity contribution in [3.05, 3.63) is 24.3 Å². The van der Waals surface area contributed by atoms with E-state index in [0.29, 0.717) is 13.0 Å². The maximum atomic E-state index is 13.0. The number of hydrogen-bond donors (Lipinski definition) is 7. The molecule has 2 rings (SSSR count). The van der Waals surface area contributed by atoms with Gasteiger partial charge in [0.25, 0.3) is 0 Å². The largest absolute Gasteiger partial charge is 0.457 e. The van der Waals surface area contributed by atoms with Gasteiger partial charge in [-0.05, 0) is 44.9 Å². The number of unbranched alkanes of at least 4 members (excludes halogenated alkanes) is 25. The van der Waals surface area contributed by atoms with Crippen LogP contribution >= 0.6 is 0 Å². The number of hydrogen-bond acceptors (Lipinski definition) is 14. The molecule has 0 spiro atoms. The second kappa shape index (κ2) is 41.1. The van der Waals surface area contributed by atoms with E-state index in [9.17, 15) is 40.5 Å².